The van der Waals surface area contributed by atoms with E-state index in [-0.39, 0.29) is 17.9 Å². The third kappa shape index (κ3) is 5.40. The SMILES string of the molecule is C[C@@H](CNC(=O)c1cncc(Br)c1)NC(=O)c1cncc(Br)c1. The van der Waals surface area contributed by atoms with Crippen LogP contribution in [0, 0.1) is 0 Å². The first-order valence-corrected chi connectivity index (χ1v) is 8.34. The van der Waals surface area contributed by atoms with Crippen LogP contribution in [0.5, 0.6) is 0 Å². The lowest BCUT2D eigenvalue weighted by atomic mass is 10.2. The Kier molecular flexibility index (Phi) is 6.23. The van der Waals surface area contributed by atoms with Gasteiger partial charge in [0.25, 0.3) is 11.8 Å². The van der Waals surface area contributed by atoms with Gasteiger partial charge in [0.05, 0.1) is 11.1 Å². The molecule has 0 aliphatic carbocycles. The van der Waals surface area contributed by atoms with Crippen molar-refractivity contribution in [2.24, 2.45) is 0 Å². The highest BCUT2D eigenvalue weighted by Crippen LogP contribution is 2.10. The number of carbonyl (C=O) groups is 2. The third-order valence-corrected chi connectivity index (χ3v) is 3.75. The van der Waals surface area contributed by atoms with E-state index in [0.717, 1.165) is 8.95 Å². The monoisotopic (exact) mass is 440 g/mol. The number of hydrogen-bond donors (Lipinski definition) is 2. The Morgan fingerprint density at radius 1 is 1.00 bits per heavy atom. The fraction of sp³-hybridized carbons (Fsp3) is 0.200. The number of amides is 2. The summed E-state index contributed by atoms with van der Waals surface area (Å²) in [4.78, 5) is 32.0. The number of halogens is 2. The molecule has 0 saturated carbocycles. The van der Waals surface area contributed by atoms with Gasteiger partial charge in [0, 0.05) is 46.3 Å². The van der Waals surface area contributed by atoms with E-state index in [9.17, 15) is 9.59 Å². The summed E-state index contributed by atoms with van der Waals surface area (Å²) in [6.45, 7) is 2.11. The Morgan fingerprint density at radius 2 is 1.52 bits per heavy atom. The van der Waals surface area contributed by atoms with Crippen molar-refractivity contribution < 1.29 is 9.59 Å². The molecule has 0 fully saturated rings. The van der Waals surface area contributed by atoms with Gasteiger partial charge in [-0.15, -0.1) is 0 Å². The average Bonchev–Trinajstić information content (AvgIpc) is 2.52. The molecular formula is C15H14Br2N4O2. The molecule has 2 N–H and O–H groups in total. The molecule has 0 radical (unpaired) electrons. The molecule has 0 saturated heterocycles. The van der Waals surface area contributed by atoms with Crippen LogP contribution in [-0.4, -0.2) is 34.4 Å². The fourth-order valence-electron chi connectivity index (χ4n) is 1.78. The van der Waals surface area contributed by atoms with Crippen molar-refractivity contribution in [3.05, 3.63) is 57.0 Å². The molecule has 0 aliphatic rings. The molecule has 2 aromatic heterocycles. The molecule has 2 aromatic rings. The maximum absolute atomic E-state index is 12.1. The summed E-state index contributed by atoms with van der Waals surface area (Å²) < 4.78 is 1.46. The van der Waals surface area contributed by atoms with Crippen molar-refractivity contribution in [1.29, 1.82) is 0 Å². The zero-order valence-corrected chi connectivity index (χ0v) is 15.4. The summed E-state index contributed by atoms with van der Waals surface area (Å²) in [6.07, 6.45) is 6.17. The zero-order chi connectivity index (χ0) is 16.8. The summed E-state index contributed by atoms with van der Waals surface area (Å²) in [6, 6.07) is 3.13. The highest BCUT2D eigenvalue weighted by atomic mass is 79.9. The molecule has 2 rings (SSSR count). The first-order chi connectivity index (χ1) is 11.0. The highest BCUT2D eigenvalue weighted by Gasteiger charge is 2.12. The highest BCUT2D eigenvalue weighted by molar-refractivity contribution is 9.10. The van der Waals surface area contributed by atoms with E-state index in [0.29, 0.717) is 17.7 Å². The van der Waals surface area contributed by atoms with Crippen LogP contribution < -0.4 is 10.6 Å². The number of aromatic nitrogens is 2. The van der Waals surface area contributed by atoms with Gasteiger partial charge >= 0.3 is 0 Å². The molecular weight excluding hydrogens is 428 g/mol. The van der Waals surface area contributed by atoms with Crippen LogP contribution in [0.1, 0.15) is 27.6 Å². The van der Waals surface area contributed by atoms with Crippen molar-refractivity contribution in [2.75, 3.05) is 6.54 Å². The van der Waals surface area contributed by atoms with Gasteiger partial charge < -0.3 is 10.6 Å². The number of nitrogens with zero attached hydrogens (tertiary/aromatic N) is 2. The van der Waals surface area contributed by atoms with E-state index in [1.54, 1.807) is 24.5 Å². The lowest BCUT2D eigenvalue weighted by Gasteiger charge is -2.15. The minimum Gasteiger partial charge on any atom is -0.350 e. The normalized spacial score (nSPS) is 11.6. The predicted molar refractivity (Wildman–Crippen MR) is 93.1 cm³/mol. The van der Waals surface area contributed by atoms with Crippen molar-refractivity contribution >= 4 is 43.7 Å². The lowest BCUT2D eigenvalue weighted by molar-refractivity contribution is 0.0912. The number of nitrogens with one attached hydrogen (secondary N) is 2. The Hall–Kier alpha value is -1.80. The van der Waals surface area contributed by atoms with E-state index in [1.165, 1.54) is 12.4 Å². The van der Waals surface area contributed by atoms with Gasteiger partial charge in [-0.1, -0.05) is 0 Å². The van der Waals surface area contributed by atoms with Crippen molar-refractivity contribution in [3.8, 4) is 0 Å². The van der Waals surface area contributed by atoms with E-state index >= 15 is 0 Å². The van der Waals surface area contributed by atoms with Crippen molar-refractivity contribution in [1.82, 2.24) is 20.6 Å². The Balaban J connectivity index is 1.86. The zero-order valence-electron chi connectivity index (χ0n) is 12.2. The van der Waals surface area contributed by atoms with Gasteiger partial charge in [0.1, 0.15) is 0 Å². The molecule has 23 heavy (non-hydrogen) atoms. The standard InChI is InChI=1S/C15H14Br2N4O2/c1-9(21-15(23)11-3-13(17)8-19-6-11)4-20-14(22)10-2-12(16)7-18-5-10/h2-3,5-9H,4H2,1H3,(H,20,22)(H,21,23)/t9-/m0/s1. The van der Waals surface area contributed by atoms with Crippen LogP contribution in [-0.2, 0) is 0 Å². The second-order valence-electron chi connectivity index (χ2n) is 4.87. The van der Waals surface area contributed by atoms with E-state index < -0.39 is 0 Å². The summed E-state index contributed by atoms with van der Waals surface area (Å²) in [7, 11) is 0. The summed E-state index contributed by atoms with van der Waals surface area (Å²) in [5.74, 6) is -0.492. The molecule has 0 aromatic carbocycles. The molecule has 0 bridgehead atoms. The molecule has 0 aliphatic heterocycles. The van der Waals surface area contributed by atoms with Crippen molar-refractivity contribution in [3.63, 3.8) is 0 Å². The van der Waals surface area contributed by atoms with Gasteiger partial charge in [-0.05, 0) is 50.9 Å². The molecule has 2 amide bonds. The molecule has 1 atom stereocenters. The predicted octanol–water partition coefficient (Wildman–Crippen LogP) is 2.55. The first-order valence-electron chi connectivity index (χ1n) is 6.76. The number of rotatable bonds is 5. The van der Waals surface area contributed by atoms with Gasteiger partial charge in [-0.25, -0.2) is 0 Å². The van der Waals surface area contributed by atoms with E-state index in [1.807, 2.05) is 6.92 Å². The van der Waals surface area contributed by atoms with Gasteiger partial charge in [-0.3, -0.25) is 19.6 Å². The number of carbonyl (C=O) groups excluding carboxylic acids is 2. The molecule has 6 nitrogen and oxygen atoms in total. The minimum absolute atomic E-state index is 0.231. The maximum atomic E-state index is 12.1. The summed E-state index contributed by atoms with van der Waals surface area (Å²) >= 11 is 6.53. The van der Waals surface area contributed by atoms with Crippen LogP contribution in [0.25, 0.3) is 0 Å². The van der Waals surface area contributed by atoms with Crippen LogP contribution in [0.2, 0.25) is 0 Å². The minimum atomic E-state index is -0.246. The second-order valence-corrected chi connectivity index (χ2v) is 6.70. The van der Waals surface area contributed by atoms with E-state index in [2.05, 4.69) is 52.5 Å². The van der Waals surface area contributed by atoms with Gasteiger partial charge in [-0.2, -0.15) is 0 Å². The topological polar surface area (TPSA) is 84.0 Å². The average molecular weight is 442 g/mol. The largest absolute Gasteiger partial charge is 0.350 e. The van der Waals surface area contributed by atoms with Gasteiger partial charge in [0.2, 0.25) is 0 Å². The quantitative estimate of drug-likeness (QED) is 0.746. The maximum Gasteiger partial charge on any atom is 0.253 e. The van der Waals surface area contributed by atoms with Crippen LogP contribution in [0.15, 0.2) is 45.9 Å². The van der Waals surface area contributed by atoms with Crippen LogP contribution >= 0.6 is 31.9 Å². The first kappa shape index (κ1) is 17.6. The van der Waals surface area contributed by atoms with Crippen LogP contribution in [0.3, 0.4) is 0 Å². The Bertz CT molecular complexity index is 724. The number of pyridine rings is 2. The third-order valence-electron chi connectivity index (χ3n) is 2.88. The Labute approximate surface area is 150 Å². The molecule has 2 heterocycles. The summed E-state index contributed by atoms with van der Waals surface area (Å²) in [5.41, 5.74) is 0.905. The van der Waals surface area contributed by atoms with E-state index in [4.69, 9.17) is 0 Å². The molecule has 0 spiro atoms. The van der Waals surface area contributed by atoms with Gasteiger partial charge in [0.15, 0.2) is 0 Å². The molecule has 0 unspecified atom stereocenters. The molecule has 120 valence electrons. The smallest absolute Gasteiger partial charge is 0.253 e. The fourth-order valence-corrected chi connectivity index (χ4v) is 2.51. The van der Waals surface area contributed by atoms with Crippen molar-refractivity contribution in [2.45, 2.75) is 13.0 Å². The lowest BCUT2D eigenvalue weighted by Crippen LogP contribution is -2.41. The molecule has 8 heteroatoms. The Morgan fingerprint density at radius 3 is 2.04 bits per heavy atom. The second kappa shape index (κ2) is 8.16. The number of hydrogen-bond acceptors (Lipinski definition) is 4. The summed E-state index contributed by atoms with van der Waals surface area (Å²) in [5, 5.41) is 5.56. The van der Waals surface area contributed by atoms with Crippen LogP contribution in [0.4, 0.5) is 0 Å².